The average molecular weight is 251 g/mol. The molecule has 1 aliphatic heterocycles. The molecule has 1 atom stereocenters. The average Bonchev–Trinajstić information content (AvgIpc) is 2.89. The van der Waals surface area contributed by atoms with Gasteiger partial charge < -0.3 is 15.4 Å². The first kappa shape index (κ1) is 12.6. The van der Waals surface area contributed by atoms with Crippen LogP contribution in [0.25, 0.3) is 0 Å². The number of hydrogen-bond acceptors (Lipinski definition) is 5. The molecule has 1 saturated heterocycles. The smallest absolute Gasteiger partial charge is 0.275 e. The van der Waals surface area contributed by atoms with Crippen molar-refractivity contribution in [1.29, 1.82) is 0 Å². The van der Waals surface area contributed by atoms with Crippen LogP contribution in [-0.4, -0.2) is 31.2 Å². The quantitative estimate of drug-likeness (QED) is 0.616. The van der Waals surface area contributed by atoms with E-state index in [2.05, 4.69) is 10.6 Å². The van der Waals surface area contributed by atoms with Crippen LogP contribution in [0.3, 0.4) is 0 Å². The first-order valence-electron chi connectivity index (χ1n) is 6.00. The van der Waals surface area contributed by atoms with Gasteiger partial charge in [0, 0.05) is 30.4 Å². The maximum atomic E-state index is 10.8. The molecular weight excluding hydrogens is 234 g/mol. The third-order valence-electron chi connectivity index (χ3n) is 3.05. The third kappa shape index (κ3) is 3.10. The fourth-order valence-corrected chi connectivity index (χ4v) is 2.08. The van der Waals surface area contributed by atoms with E-state index in [1.165, 1.54) is 25.7 Å². The largest absolute Gasteiger partial charge is 0.496 e. The Bertz CT molecular complexity index is 431. The predicted octanol–water partition coefficient (Wildman–Crippen LogP) is 1.77. The van der Waals surface area contributed by atoms with Gasteiger partial charge >= 0.3 is 0 Å². The second-order valence-electron chi connectivity index (χ2n) is 4.35. The van der Waals surface area contributed by atoms with Crippen LogP contribution in [0.15, 0.2) is 18.2 Å². The van der Waals surface area contributed by atoms with Gasteiger partial charge in [-0.2, -0.15) is 0 Å². The summed E-state index contributed by atoms with van der Waals surface area (Å²) in [7, 11) is 1.50. The summed E-state index contributed by atoms with van der Waals surface area (Å²) >= 11 is 0. The molecule has 0 amide bonds. The normalized spacial score (nSPS) is 18.6. The lowest BCUT2D eigenvalue weighted by molar-refractivity contribution is -0.384. The van der Waals surface area contributed by atoms with E-state index in [0.29, 0.717) is 11.8 Å². The topological polar surface area (TPSA) is 76.4 Å². The molecule has 6 heteroatoms. The number of nitrogens with zero attached hydrogens (tertiary/aromatic N) is 1. The van der Waals surface area contributed by atoms with Gasteiger partial charge in [-0.25, -0.2) is 0 Å². The molecule has 18 heavy (non-hydrogen) atoms. The molecule has 1 aliphatic rings. The molecule has 98 valence electrons. The van der Waals surface area contributed by atoms with Crippen LogP contribution in [0, 0.1) is 10.1 Å². The highest BCUT2D eigenvalue weighted by Crippen LogP contribution is 2.25. The van der Waals surface area contributed by atoms with Crippen LogP contribution in [0.5, 0.6) is 5.75 Å². The first-order valence-corrected chi connectivity index (χ1v) is 6.00. The number of non-ortho nitro benzene ring substituents is 1. The van der Waals surface area contributed by atoms with Crippen molar-refractivity contribution >= 4 is 11.4 Å². The Balaban J connectivity index is 2.05. The van der Waals surface area contributed by atoms with E-state index < -0.39 is 4.92 Å². The van der Waals surface area contributed by atoms with Crippen LogP contribution in [-0.2, 0) is 0 Å². The van der Waals surface area contributed by atoms with Crippen LogP contribution >= 0.6 is 0 Å². The molecule has 1 aromatic rings. The van der Waals surface area contributed by atoms with E-state index in [1.54, 1.807) is 6.07 Å². The van der Waals surface area contributed by atoms with Crippen LogP contribution in [0.4, 0.5) is 11.4 Å². The second-order valence-corrected chi connectivity index (χ2v) is 4.35. The number of nitro groups is 1. The van der Waals surface area contributed by atoms with E-state index in [1.807, 2.05) is 0 Å². The predicted molar refractivity (Wildman–Crippen MR) is 69.2 cm³/mol. The molecule has 0 aliphatic carbocycles. The van der Waals surface area contributed by atoms with Crippen molar-refractivity contribution < 1.29 is 9.66 Å². The fourth-order valence-electron chi connectivity index (χ4n) is 2.08. The van der Waals surface area contributed by atoms with Crippen molar-refractivity contribution in [3.63, 3.8) is 0 Å². The van der Waals surface area contributed by atoms with E-state index in [9.17, 15) is 10.1 Å². The molecular formula is C12H17N3O3. The monoisotopic (exact) mass is 251 g/mol. The number of methoxy groups -OCH3 is 1. The van der Waals surface area contributed by atoms with E-state index in [-0.39, 0.29) is 5.69 Å². The van der Waals surface area contributed by atoms with Gasteiger partial charge in [-0.1, -0.05) is 0 Å². The van der Waals surface area contributed by atoms with Crippen LogP contribution < -0.4 is 15.4 Å². The lowest BCUT2D eigenvalue weighted by atomic mass is 10.2. The van der Waals surface area contributed by atoms with Gasteiger partial charge in [-0.3, -0.25) is 10.1 Å². The van der Waals surface area contributed by atoms with Crippen molar-refractivity contribution in [3.8, 4) is 5.75 Å². The van der Waals surface area contributed by atoms with E-state index >= 15 is 0 Å². The third-order valence-corrected chi connectivity index (χ3v) is 3.05. The SMILES string of the molecule is COc1cc(NCC2CCCN2)cc([N+](=O)[O-])c1. The Kier molecular flexibility index (Phi) is 3.99. The zero-order valence-electron chi connectivity index (χ0n) is 10.3. The molecule has 0 aromatic heterocycles. The lowest BCUT2D eigenvalue weighted by Crippen LogP contribution is -2.29. The molecule has 1 unspecified atom stereocenters. The lowest BCUT2D eigenvalue weighted by Gasteiger charge is -2.13. The minimum Gasteiger partial charge on any atom is -0.496 e. The van der Waals surface area contributed by atoms with Gasteiger partial charge in [-0.05, 0) is 19.4 Å². The summed E-state index contributed by atoms with van der Waals surface area (Å²) in [5.74, 6) is 0.492. The summed E-state index contributed by atoms with van der Waals surface area (Å²) < 4.78 is 5.06. The number of anilines is 1. The van der Waals surface area contributed by atoms with Crippen molar-refractivity contribution in [2.45, 2.75) is 18.9 Å². The summed E-state index contributed by atoms with van der Waals surface area (Å²) in [6, 6.07) is 5.15. The minimum atomic E-state index is -0.415. The Labute approximate surface area is 105 Å². The van der Waals surface area contributed by atoms with E-state index in [0.717, 1.165) is 25.2 Å². The molecule has 2 N–H and O–H groups in total. The summed E-state index contributed by atoms with van der Waals surface area (Å²) in [5, 5.41) is 17.4. The molecule has 0 bridgehead atoms. The molecule has 6 nitrogen and oxygen atoms in total. The van der Waals surface area contributed by atoms with Crippen LogP contribution in [0.2, 0.25) is 0 Å². The maximum absolute atomic E-state index is 10.8. The summed E-state index contributed by atoms with van der Waals surface area (Å²) in [5.41, 5.74) is 0.756. The van der Waals surface area contributed by atoms with Crippen LogP contribution in [0.1, 0.15) is 12.8 Å². The summed E-state index contributed by atoms with van der Waals surface area (Å²) in [6.45, 7) is 1.81. The number of ether oxygens (including phenoxy) is 1. The molecule has 1 aromatic carbocycles. The van der Waals surface area contributed by atoms with Gasteiger partial charge in [0.05, 0.1) is 18.1 Å². The number of hydrogen-bond donors (Lipinski definition) is 2. The molecule has 0 saturated carbocycles. The number of rotatable bonds is 5. The standard InChI is InChI=1S/C12H17N3O3/c1-18-12-6-10(5-11(7-12)15(16)17)14-8-9-3-2-4-13-9/h5-7,9,13-14H,2-4,8H2,1H3. The highest BCUT2D eigenvalue weighted by molar-refractivity contribution is 5.56. The van der Waals surface area contributed by atoms with Gasteiger partial charge in [0.15, 0.2) is 0 Å². The first-order chi connectivity index (χ1) is 8.69. The zero-order valence-corrected chi connectivity index (χ0v) is 10.3. The number of benzene rings is 1. The second kappa shape index (κ2) is 5.68. The number of nitro benzene ring substituents is 1. The van der Waals surface area contributed by atoms with Crippen molar-refractivity contribution in [3.05, 3.63) is 28.3 Å². The van der Waals surface area contributed by atoms with Crippen molar-refractivity contribution in [2.24, 2.45) is 0 Å². The van der Waals surface area contributed by atoms with Gasteiger partial charge in [0.1, 0.15) is 5.75 Å². The Morgan fingerprint density at radius 1 is 1.56 bits per heavy atom. The minimum absolute atomic E-state index is 0.0382. The van der Waals surface area contributed by atoms with E-state index in [4.69, 9.17) is 4.74 Å². The zero-order chi connectivity index (χ0) is 13.0. The van der Waals surface area contributed by atoms with Crippen molar-refractivity contribution in [2.75, 3.05) is 25.5 Å². The van der Waals surface area contributed by atoms with Crippen molar-refractivity contribution in [1.82, 2.24) is 5.32 Å². The highest BCUT2D eigenvalue weighted by Gasteiger charge is 2.15. The Hall–Kier alpha value is -1.82. The van der Waals surface area contributed by atoms with Gasteiger partial charge in [0.2, 0.25) is 0 Å². The summed E-state index contributed by atoms with van der Waals surface area (Å²) in [6.07, 6.45) is 2.32. The Morgan fingerprint density at radius 2 is 2.39 bits per heavy atom. The highest BCUT2D eigenvalue weighted by atomic mass is 16.6. The number of nitrogens with one attached hydrogen (secondary N) is 2. The Morgan fingerprint density at radius 3 is 3.00 bits per heavy atom. The maximum Gasteiger partial charge on any atom is 0.275 e. The molecule has 1 heterocycles. The summed E-state index contributed by atoms with van der Waals surface area (Å²) in [4.78, 5) is 10.4. The molecule has 2 rings (SSSR count). The molecule has 0 spiro atoms. The van der Waals surface area contributed by atoms with Gasteiger partial charge in [0.25, 0.3) is 5.69 Å². The van der Waals surface area contributed by atoms with Gasteiger partial charge in [-0.15, -0.1) is 0 Å². The molecule has 0 radical (unpaired) electrons. The molecule has 1 fully saturated rings. The fraction of sp³-hybridized carbons (Fsp3) is 0.500.